The van der Waals surface area contributed by atoms with Gasteiger partial charge in [-0.2, -0.15) is 5.10 Å². The van der Waals surface area contributed by atoms with Gasteiger partial charge in [-0.25, -0.2) is 4.98 Å². The average Bonchev–Trinajstić information content (AvgIpc) is 3.11. The topological polar surface area (TPSA) is 112 Å². The lowest BCUT2D eigenvalue weighted by atomic mass is 10.0. The molecule has 0 saturated carbocycles. The highest BCUT2D eigenvalue weighted by Gasteiger charge is 2.21. The molecule has 0 aliphatic carbocycles. The molecule has 32 heavy (non-hydrogen) atoms. The number of nitro benzene ring substituents is 1. The number of aryl methyl sites for hydroxylation is 2. The zero-order valence-corrected chi connectivity index (χ0v) is 17.8. The molecule has 2 aromatic heterocycles. The van der Waals surface area contributed by atoms with E-state index in [4.69, 9.17) is 4.74 Å². The number of nitrogens with zero attached hydrogens (tertiary/aromatic N) is 4. The number of hydrogen-bond acceptors (Lipinski definition) is 6. The lowest BCUT2D eigenvalue weighted by molar-refractivity contribution is -0.384. The maximum absolute atomic E-state index is 13.3. The number of benzene rings is 2. The largest absolute Gasteiger partial charge is 0.494 e. The second kappa shape index (κ2) is 8.46. The molecule has 0 atom stereocenters. The van der Waals surface area contributed by atoms with Crippen LogP contribution in [0.15, 0.2) is 54.7 Å². The van der Waals surface area contributed by atoms with Crippen LogP contribution in [0.3, 0.4) is 0 Å². The van der Waals surface area contributed by atoms with Gasteiger partial charge < -0.3 is 10.1 Å². The number of nitro groups is 1. The van der Waals surface area contributed by atoms with Crippen molar-refractivity contribution < 1.29 is 14.5 Å². The molecular weight excluding hydrogens is 410 g/mol. The molecule has 1 N–H and O–H groups in total. The van der Waals surface area contributed by atoms with E-state index in [0.717, 1.165) is 11.3 Å². The van der Waals surface area contributed by atoms with Crippen molar-refractivity contribution in [1.82, 2.24) is 14.8 Å². The SMILES string of the molecule is CCOc1ccc(NC(=O)c2cc(-c3cn(C)nc3C)nc3ccccc23)c([N+](=O)[O-])c1. The van der Waals surface area contributed by atoms with Crippen molar-refractivity contribution in [1.29, 1.82) is 0 Å². The summed E-state index contributed by atoms with van der Waals surface area (Å²) in [7, 11) is 1.82. The molecule has 0 aliphatic rings. The van der Waals surface area contributed by atoms with Crippen LogP contribution in [-0.2, 0) is 7.05 Å². The van der Waals surface area contributed by atoms with Crippen molar-refractivity contribution in [2.24, 2.45) is 7.05 Å². The van der Waals surface area contributed by atoms with Crippen LogP contribution in [0.5, 0.6) is 5.75 Å². The molecule has 9 heteroatoms. The molecule has 0 aliphatic heterocycles. The monoisotopic (exact) mass is 431 g/mol. The summed E-state index contributed by atoms with van der Waals surface area (Å²) in [4.78, 5) is 29.0. The molecule has 4 rings (SSSR count). The maximum Gasteiger partial charge on any atom is 0.296 e. The smallest absolute Gasteiger partial charge is 0.296 e. The number of aromatic nitrogens is 3. The summed E-state index contributed by atoms with van der Waals surface area (Å²) in [5.74, 6) is -0.112. The Morgan fingerprint density at radius 2 is 2.00 bits per heavy atom. The third-order valence-corrected chi connectivity index (χ3v) is 4.98. The fourth-order valence-electron chi connectivity index (χ4n) is 3.57. The Morgan fingerprint density at radius 3 is 2.69 bits per heavy atom. The van der Waals surface area contributed by atoms with E-state index in [1.807, 2.05) is 38.4 Å². The van der Waals surface area contributed by atoms with E-state index in [1.165, 1.54) is 12.1 Å². The number of carbonyl (C=O) groups excluding carboxylic acids is 1. The van der Waals surface area contributed by atoms with Gasteiger partial charge in [-0.05, 0) is 38.1 Å². The van der Waals surface area contributed by atoms with Crippen molar-refractivity contribution in [2.75, 3.05) is 11.9 Å². The first-order valence-corrected chi connectivity index (χ1v) is 10.0. The van der Waals surface area contributed by atoms with Gasteiger partial charge >= 0.3 is 0 Å². The highest BCUT2D eigenvalue weighted by atomic mass is 16.6. The van der Waals surface area contributed by atoms with Crippen LogP contribution in [-0.4, -0.2) is 32.2 Å². The molecule has 4 aromatic rings. The summed E-state index contributed by atoms with van der Waals surface area (Å²) < 4.78 is 7.03. The average molecular weight is 431 g/mol. The number of carbonyl (C=O) groups is 1. The van der Waals surface area contributed by atoms with E-state index in [9.17, 15) is 14.9 Å². The molecule has 0 saturated heterocycles. The number of para-hydroxylation sites is 1. The Labute approximate surface area is 183 Å². The predicted molar refractivity (Wildman–Crippen MR) is 121 cm³/mol. The Hall–Kier alpha value is -4.27. The third kappa shape index (κ3) is 4.00. The summed E-state index contributed by atoms with van der Waals surface area (Å²) in [6, 6.07) is 13.3. The van der Waals surface area contributed by atoms with Gasteiger partial charge in [-0.15, -0.1) is 0 Å². The van der Waals surface area contributed by atoms with Crippen LogP contribution in [0.1, 0.15) is 23.0 Å². The van der Waals surface area contributed by atoms with Crippen molar-refractivity contribution in [3.05, 3.63) is 76.1 Å². The maximum atomic E-state index is 13.3. The fourth-order valence-corrected chi connectivity index (χ4v) is 3.57. The molecule has 2 heterocycles. The van der Waals surface area contributed by atoms with Crippen LogP contribution in [0.4, 0.5) is 11.4 Å². The van der Waals surface area contributed by atoms with Crippen LogP contribution >= 0.6 is 0 Å². The second-order valence-electron chi connectivity index (χ2n) is 7.20. The van der Waals surface area contributed by atoms with Gasteiger partial charge in [0.2, 0.25) is 0 Å². The summed E-state index contributed by atoms with van der Waals surface area (Å²) in [5, 5.41) is 19.2. The molecule has 0 unspecified atom stereocenters. The Kier molecular flexibility index (Phi) is 5.55. The van der Waals surface area contributed by atoms with Gasteiger partial charge in [0.15, 0.2) is 0 Å². The molecule has 0 bridgehead atoms. The minimum Gasteiger partial charge on any atom is -0.494 e. The highest BCUT2D eigenvalue weighted by Crippen LogP contribution is 2.31. The van der Waals surface area contributed by atoms with Gasteiger partial charge in [0, 0.05) is 24.2 Å². The molecule has 2 aromatic carbocycles. The molecule has 9 nitrogen and oxygen atoms in total. The molecule has 0 radical (unpaired) electrons. The summed E-state index contributed by atoms with van der Waals surface area (Å²) in [5.41, 5.74) is 3.02. The standard InChI is InChI=1S/C23H21N5O4/c1-4-32-15-9-10-20(22(11-15)28(30)31)25-23(29)17-12-21(18-13-27(3)26-14(18)2)24-19-8-6-5-7-16(17)19/h5-13H,4H2,1-3H3,(H,25,29). The Balaban J connectivity index is 1.79. The van der Waals surface area contributed by atoms with Crippen LogP contribution in [0.25, 0.3) is 22.2 Å². The third-order valence-electron chi connectivity index (χ3n) is 4.98. The number of hydrogen-bond donors (Lipinski definition) is 1. The number of amides is 1. The number of rotatable bonds is 6. The van der Waals surface area contributed by atoms with Crippen LogP contribution < -0.4 is 10.1 Å². The van der Waals surface area contributed by atoms with E-state index < -0.39 is 10.8 Å². The minimum absolute atomic E-state index is 0.0865. The number of ether oxygens (including phenoxy) is 1. The molecule has 0 spiro atoms. The summed E-state index contributed by atoms with van der Waals surface area (Å²) in [6.45, 7) is 4.04. The first-order valence-electron chi connectivity index (χ1n) is 10.0. The Morgan fingerprint density at radius 1 is 1.22 bits per heavy atom. The predicted octanol–water partition coefficient (Wildman–Crippen LogP) is 4.50. The van der Waals surface area contributed by atoms with Gasteiger partial charge in [0.25, 0.3) is 11.6 Å². The van der Waals surface area contributed by atoms with E-state index in [2.05, 4.69) is 15.4 Å². The summed E-state index contributed by atoms with van der Waals surface area (Å²) >= 11 is 0. The molecule has 0 fully saturated rings. The van der Waals surface area contributed by atoms with E-state index in [-0.39, 0.29) is 11.4 Å². The van der Waals surface area contributed by atoms with Crippen molar-refractivity contribution in [3.63, 3.8) is 0 Å². The van der Waals surface area contributed by atoms with Gasteiger partial charge in [0.05, 0.1) is 40.1 Å². The highest BCUT2D eigenvalue weighted by molar-refractivity contribution is 6.13. The zero-order chi connectivity index (χ0) is 22.8. The quantitative estimate of drug-likeness (QED) is 0.355. The minimum atomic E-state index is -0.548. The van der Waals surface area contributed by atoms with Crippen molar-refractivity contribution in [3.8, 4) is 17.0 Å². The number of pyridine rings is 1. The molecule has 162 valence electrons. The molecule has 1 amide bonds. The lowest BCUT2D eigenvalue weighted by Gasteiger charge is -2.11. The first kappa shape index (κ1) is 21.0. The number of anilines is 1. The number of fused-ring (bicyclic) bond motifs is 1. The van der Waals surface area contributed by atoms with Crippen molar-refractivity contribution >= 4 is 28.2 Å². The van der Waals surface area contributed by atoms with Gasteiger partial charge in [-0.3, -0.25) is 19.6 Å². The van der Waals surface area contributed by atoms with Crippen molar-refractivity contribution in [2.45, 2.75) is 13.8 Å². The van der Waals surface area contributed by atoms with E-state index >= 15 is 0 Å². The Bertz CT molecular complexity index is 1350. The normalized spacial score (nSPS) is 10.8. The van der Waals surface area contributed by atoms with Crippen LogP contribution in [0, 0.1) is 17.0 Å². The fraction of sp³-hybridized carbons (Fsp3) is 0.174. The van der Waals surface area contributed by atoms with Gasteiger partial charge in [-0.1, -0.05) is 18.2 Å². The zero-order valence-electron chi connectivity index (χ0n) is 17.8. The van der Waals surface area contributed by atoms with Crippen LogP contribution in [0.2, 0.25) is 0 Å². The van der Waals surface area contributed by atoms with Gasteiger partial charge in [0.1, 0.15) is 11.4 Å². The van der Waals surface area contributed by atoms with E-state index in [1.54, 1.807) is 29.8 Å². The summed E-state index contributed by atoms with van der Waals surface area (Å²) in [6.07, 6.45) is 1.84. The molecular formula is C23H21N5O4. The van der Waals surface area contributed by atoms with E-state index in [0.29, 0.717) is 34.5 Å². The lowest BCUT2D eigenvalue weighted by Crippen LogP contribution is -2.14. The number of nitrogens with one attached hydrogen (secondary N) is 1. The first-order chi connectivity index (χ1) is 15.4. The second-order valence-corrected chi connectivity index (χ2v) is 7.20.